The smallest absolute Gasteiger partial charge is 0.194 e. The lowest BCUT2D eigenvalue weighted by Gasteiger charge is -2.38. The van der Waals surface area contributed by atoms with Crippen molar-refractivity contribution in [2.45, 2.75) is 131 Å². The summed E-state index contributed by atoms with van der Waals surface area (Å²) in [5, 5.41) is 42.3. The van der Waals surface area contributed by atoms with Gasteiger partial charge >= 0.3 is 0 Å². The van der Waals surface area contributed by atoms with Gasteiger partial charge in [-0.15, -0.1) is 90.7 Å². The minimum absolute atomic E-state index is 0.179. The summed E-state index contributed by atoms with van der Waals surface area (Å²) in [5.74, 6) is 3.87. The molecule has 0 radical (unpaired) electrons. The third kappa shape index (κ3) is 16.0. The molecule has 15 rings (SSSR count). The van der Waals surface area contributed by atoms with Crippen molar-refractivity contribution in [1.82, 2.24) is 19.9 Å². The zero-order chi connectivity index (χ0) is 81.3. The number of hydrogen-bond donors (Lipinski definition) is 0. The van der Waals surface area contributed by atoms with Crippen LogP contribution in [0.4, 0.5) is 0 Å². The molecule has 10 aromatic heterocycles. The Balaban J connectivity index is 0.955. The van der Waals surface area contributed by atoms with Crippen molar-refractivity contribution in [3.63, 3.8) is 0 Å². The second kappa shape index (κ2) is 33.8. The van der Waals surface area contributed by atoms with Crippen molar-refractivity contribution in [3.05, 3.63) is 203 Å². The van der Waals surface area contributed by atoms with Crippen LogP contribution in [0.15, 0.2) is 141 Å². The van der Waals surface area contributed by atoms with Gasteiger partial charge < -0.3 is 0 Å². The molecule has 0 N–H and O–H groups in total. The van der Waals surface area contributed by atoms with Gasteiger partial charge in [0.05, 0.1) is 68.9 Å². The van der Waals surface area contributed by atoms with Crippen LogP contribution in [-0.4, -0.2) is 43.0 Å². The van der Waals surface area contributed by atoms with E-state index in [0.29, 0.717) is 57.7 Å². The largest absolute Gasteiger partial charge is 0.289 e. The number of nitriles is 4. The maximum Gasteiger partial charge on any atom is 0.194 e. The van der Waals surface area contributed by atoms with Crippen LogP contribution in [0.2, 0.25) is 20.1 Å². The van der Waals surface area contributed by atoms with E-state index >= 15 is 0 Å². The fraction of sp³-hybridized carbons (Fsp3) is 0.283. The van der Waals surface area contributed by atoms with E-state index in [0.717, 1.165) is 133 Å². The third-order valence-corrected chi connectivity index (χ3v) is 35.7. The van der Waals surface area contributed by atoms with E-state index in [2.05, 4.69) is 144 Å². The molecule has 1 aliphatic heterocycles. The van der Waals surface area contributed by atoms with Crippen LogP contribution in [0.5, 0.6) is 0 Å². The summed E-state index contributed by atoms with van der Waals surface area (Å²) < 4.78 is 0. The van der Waals surface area contributed by atoms with Gasteiger partial charge in [-0.3, -0.25) is 9.59 Å². The van der Waals surface area contributed by atoms with E-state index in [1.807, 2.05) is 71.3 Å². The van der Waals surface area contributed by atoms with Gasteiger partial charge in [-0.05, 0) is 194 Å². The molecule has 11 heterocycles. The van der Waals surface area contributed by atoms with Crippen molar-refractivity contribution < 1.29 is 9.59 Å². The summed E-state index contributed by atoms with van der Waals surface area (Å²) >= 11 is 40.2. The second-order valence-corrected chi connectivity index (χ2v) is 45.6. The molecule has 3 aliphatic rings. The molecular weight excluding hydrogens is 1680 g/mol. The molecule has 0 amide bonds. The van der Waals surface area contributed by atoms with E-state index in [1.54, 1.807) is 92.3 Å². The SMILES string of the molecule is CC(C)CCS1(CCC(C)C)c2cc(-c3sc(/C=C/C=C4\C(=O)c5cc(Cl)c(Cl)cc5C4=C(C#N)C#N)c4nc(-c5ccc(CC(C)C)s5)c(-c5ccc(CC(C)C)s5)nc34)sc2-c2sc(-c3sc(/C=C/C=C4\C(=O)c5cc(Cl)c(Cl)cc5C4=C(C#N)C#N)c4nc(-c5ccc(CC(C)C)s5)c(-c5ccc(CC(C)C)s5)nc34)cc21. The quantitative estimate of drug-likeness (QED) is 0.0417. The van der Waals surface area contributed by atoms with Gasteiger partial charge in [0.2, 0.25) is 0 Å². The Labute approximate surface area is 724 Å². The maximum absolute atomic E-state index is 14.5. The fourth-order valence-corrected chi connectivity index (χ4v) is 31.3. The lowest BCUT2D eigenvalue weighted by molar-refractivity contribution is 0.103. The third-order valence-electron chi connectivity index (χ3n) is 20.3. The number of fused-ring (bicyclic) bond motifs is 7. The molecule has 0 bridgehead atoms. The number of halogens is 4. The highest BCUT2D eigenvalue weighted by Crippen LogP contribution is 2.77. The average molecular weight is 1760 g/mol. The van der Waals surface area contributed by atoms with Gasteiger partial charge in [-0.1, -0.05) is 154 Å². The summed E-state index contributed by atoms with van der Waals surface area (Å²) in [7, 11) is -1.78. The second-order valence-electron chi connectivity index (χ2n) is 31.7. The molecule has 0 saturated heterocycles. The van der Waals surface area contributed by atoms with Crippen molar-refractivity contribution in [1.29, 1.82) is 21.0 Å². The van der Waals surface area contributed by atoms with Gasteiger partial charge in [0, 0.05) is 72.5 Å². The molecular formula is C92H78Cl4N8O2S9. The molecule has 0 unspecified atom stereocenters. The molecule has 0 atom stereocenters. The Hall–Kier alpha value is -8.03. The lowest BCUT2D eigenvalue weighted by atomic mass is 9.99. The number of rotatable bonds is 24. The van der Waals surface area contributed by atoms with Gasteiger partial charge in [0.15, 0.2) is 11.6 Å². The Morgan fingerprint density at radius 1 is 0.383 bits per heavy atom. The summed E-state index contributed by atoms with van der Waals surface area (Å²) in [4.78, 5) is 72.7. The molecule has 10 nitrogen and oxygen atoms in total. The zero-order valence-electron chi connectivity index (χ0n) is 65.2. The van der Waals surface area contributed by atoms with E-state index in [9.17, 15) is 30.6 Å². The molecule has 580 valence electrons. The minimum Gasteiger partial charge on any atom is -0.289 e. The van der Waals surface area contributed by atoms with Gasteiger partial charge in [-0.25, -0.2) is 19.9 Å². The predicted octanol–water partition coefficient (Wildman–Crippen LogP) is 30.0. The van der Waals surface area contributed by atoms with E-state index in [4.69, 9.17) is 66.3 Å². The highest BCUT2D eigenvalue weighted by Gasteiger charge is 2.44. The number of aromatic nitrogens is 4. The Morgan fingerprint density at radius 3 is 0.983 bits per heavy atom. The van der Waals surface area contributed by atoms with Gasteiger partial charge in [0.1, 0.15) is 80.3 Å². The topological polar surface area (TPSA) is 181 Å². The number of hydrogen-bond acceptors (Lipinski definition) is 18. The highest BCUT2D eigenvalue weighted by atomic mass is 35.5. The first kappa shape index (κ1) is 82.1. The number of carbonyl (C=O) groups excluding carboxylic acids is 2. The lowest BCUT2D eigenvalue weighted by Crippen LogP contribution is -2.12. The fourth-order valence-electron chi connectivity index (χ4n) is 14.9. The molecule has 0 spiro atoms. The minimum atomic E-state index is -1.78. The Morgan fingerprint density at radius 2 is 0.687 bits per heavy atom. The van der Waals surface area contributed by atoms with Crippen LogP contribution in [-0.2, 0) is 25.7 Å². The number of nitrogens with zero attached hydrogens (tertiary/aromatic N) is 8. The first-order valence-corrected chi connectivity index (χ1v) is 48.3. The number of carbonyl (C=O) groups is 2. The molecule has 2 aromatic carbocycles. The van der Waals surface area contributed by atoms with Crippen molar-refractivity contribution in [2.75, 3.05) is 11.5 Å². The number of allylic oxidation sites excluding steroid dienone is 10. The standard InChI is InChI=1S/C92H78Cl4N8O2S9/c1-45(2)27-29-115(30-28-46(3)4)75-39-73(89-85-83(67(111-89)17-13-15-57-77(51(41-97)42-98)59-35-63(93)65(95)37-61(59)87(57)105)101-79(69-23-19-53(107-69)31-47(5)6)81(103-85)71-25-21-55(109-71)33-49(9)10)113-91(75)92-76(115)40-74(114-92)90-86-84(68(112-90)18-14-16-58-78(52(43-99)44-100)60-36-64(94)66(96)38-62(60)88(58)106)102-80(70-24-20-54(108-70)32-48(7)8)82(104-86)72-26-22-56(110-72)34-50(11)12/h13-26,35-40,45-50H,27-34H2,1-12H3/b17-13+,18-14+,57-15-,58-16-. The van der Waals surface area contributed by atoms with Crippen LogP contribution >= 0.6 is 147 Å². The summed E-state index contributed by atoms with van der Waals surface area (Å²) in [5.41, 5.74) is 7.83. The number of benzene rings is 2. The first-order chi connectivity index (χ1) is 55.1. The average Bonchev–Trinajstić information content (AvgIpc) is 1.53. The number of ketones is 2. The zero-order valence-corrected chi connectivity index (χ0v) is 75.6. The monoisotopic (exact) mass is 1750 g/mol. The van der Waals surface area contributed by atoms with Crippen LogP contribution in [0.25, 0.3) is 117 Å². The van der Waals surface area contributed by atoms with Gasteiger partial charge in [0.25, 0.3) is 0 Å². The maximum atomic E-state index is 14.5. The highest BCUT2D eigenvalue weighted by molar-refractivity contribution is 8.34. The molecule has 115 heavy (non-hydrogen) atoms. The van der Waals surface area contributed by atoms with E-state index in [-0.39, 0.29) is 76.2 Å². The van der Waals surface area contributed by atoms with E-state index in [1.165, 1.54) is 51.2 Å². The van der Waals surface area contributed by atoms with Crippen LogP contribution < -0.4 is 0 Å². The van der Waals surface area contributed by atoms with Crippen molar-refractivity contribution >= 4 is 204 Å². The molecule has 2 aliphatic carbocycles. The van der Waals surface area contributed by atoms with E-state index < -0.39 is 10.0 Å². The summed E-state index contributed by atoms with van der Waals surface area (Å²) in [6.07, 6.45) is 16.7. The normalized spacial score (nSPS) is 14.8. The molecule has 0 fully saturated rings. The molecule has 12 aromatic rings. The van der Waals surface area contributed by atoms with Crippen molar-refractivity contribution in [2.24, 2.45) is 35.5 Å². The number of thiophene rings is 8. The van der Waals surface area contributed by atoms with Crippen LogP contribution in [0.1, 0.15) is 157 Å². The summed E-state index contributed by atoms with van der Waals surface area (Å²) in [6.45, 7) is 27.3. The predicted molar refractivity (Wildman–Crippen MR) is 493 cm³/mol. The number of Topliss-reactive ketones (excluding diaryl/α,β-unsaturated/α-hetero) is 2. The summed E-state index contributed by atoms with van der Waals surface area (Å²) in [6, 6.07) is 37.0. The Bertz CT molecular complexity index is 5970. The molecule has 23 heteroatoms. The van der Waals surface area contributed by atoms with Crippen LogP contribution in [0.3, 0.4) is 0 Å². The first-order valence-electron chi connectivity index (χ1n) is 38.2. The Kier molecular flexibility index (Phi) is 24.1. The van der Waals surface area contributed by atoms with Crippen molar-refractivity contribution in [3.8, 4) is 95.8 Å². The molecule has 0 saturated carbocycles. The van der Waals surface area contributed by atoms with Gasteiger partial charge in [-0.2, -0.15) is 31.1 Å². The van der Waals surface area contributed by atoms with Crippen LogP contribution in [0, 0.1) is 80.8 Å².